The average Bonchev–Trinajstić information content (AvgIpc) is 2.01. The first-order valence-corrected chi connectivity index (χ1v) is 5.48. The first-order chi connectivity index (χ1) is 6.34. The lowest BCUT2D eigenvalue weighted by Crippen LogP contribution is -2.22. The largest absolute Gasteiger partial charge is 0.242 e. The summed E-state index contributed by atoms with van der Waals surface area (Å²) in [6, 6.07) is 3.75. The predicted octanol–water partition coefficient (Wildman–Crippen LogP) is 1.38. The Morgan fingerprint density at radius 3 is 2.21 bits per heavy atom. The summed E-state index contributed by atoms with van der Waals surface area (Å²) in [7, 11) is -0.704. The number of hydrogen-bond donors (Lipinski definition) is 0. The lowest BCUT2D eigenvalue weighted by atomic mass is 10.2. The molecule has 0 saturated heterocycles. The van der Waals surface area contributed by atoms with Crippen molar-refractivity contribution >= 4 is 10.0 Å². The predicted molar refractivity (Wildman–Crippen MR) is 52.0 cm³/mol. The Balaban J connectivity index is 3.34. The van der Waals surface area contributed by atoms with Gasteiger partial charge in [0, 0.05) is 14.1 Å². The molecule has 0 spiro atoms. The van der Waals surface area contributed by atoms with Crippen LogP contribution in [-0.2, 0) is 10.0 Å². The summed E-state index contributed by atoms with van der Waals surface area (Å²) in [6.07, 6.45) is 0. The van der Waals surface area contributed by atoms with Crippen LogP contribution >= 0.6 is 0 Å². The van der Waals surface area contributed by atoms with Crippen LogP contribution in [0.5, 0.6) is 0 Å². The second-order valence-electron chi connectivity index (χ2n) is 3.25. The summed E-state index contributed by atoms with van der Waals surface area (Å²) in [4.78, 5) is -0.0139. The molecule has 78 valence electrons. The van der Waals surface area contributed by atoms with Gasteiger partial charge in [0.2, 0.25) is 10.0 Å². The van der Waals surface area contributed by atoms with E-state index in [1.165, 1.54) is 26.2 Å². The van der Waals surface area contributed by atoms with E-state index >= 15 is 0 Å². The molecule has 0 radical (unpaired) electrons. The van der Waals surface area contributed by atoms with E-state index in [1.807, 2.05) is 0 Å². The number of aryl methyl sites for hydroxylation is 1. The van der Waals surface area contributed by atoms with Crippen LogP contribution in [0, 0.1) is 12.7 Å². The molecule has 0 unspecified atom stereocenters. The number of halogens is 1. The van der Waals surface area contributed by atoms with Gasteiger partial charge in [0.05, 0.1) is 4.90 Å². The van der Waals surface area contributed by atoms with Crippen molar-refractivity contribution in [1.82, 2.24) is 4.31 Å². The molecule has 0 atom stereocenters. The third-order valence-electron chi connectivity index (χ3n) is 1.79. The van der Waals surface area contributed by atoms with E-state index in [4.69, 9.17) is 0 Å². The standard InChI is InChI=1S/C9H12FNO2S/c1-7-4-8(10)6-9(5-7)14(12,13)11(2)3/h4-6H,1-3H3. The van der Waals surface area contributed by atoms with Crippen molar-refractivity contribution in [2.24, 2.45) is 0 Å². The maximum atomic E-state index is 12.9. The van der Waals surface area contributed by atoms with Crippen molar-refractivity contribution in [3.63, 3.8) is 0 Å². The van der Waals surface area contributed by atoms with Crippen LogP contribution in [0.25, 0.3) is 0 Å². The number of sulfonamides is 1. The highest BCUT2D eigenvalue weighted by atomic mass is 32.2. The van der Waals surface area contributed by atoms with E-state index in [0.717, 1.165) is 10.4 Å². The molecule has 0 heterocycles. The topological polar surface area (TPSA) is 37.4 Å². The normalized spacial score (nSPS) is 12.1. The third-order valence-corrected chi connectivity index (χ3v) is 3.59. The molecule has 1 aromatic carbocycles. The van der Waals surface area contributed by atoms with E-state index in [0.29, 0.717) is 5.56 Å². The van der Waals surface area contributed by atoms with Gasteiger partial charge in [-0.25, -0.2) is 17.1 Å². The Kier molecular flexibility index (Phi) is 2.92. The van der Waals surface area contributed by atoms with Gasteiger partial charge in [-0.15, -0.1) is 0 Å². The number of hydrogen-bond acceptors (Lipinski definition) is 2. The van der Waals surface area contributed by atoms with Crippen LogP contribution < -0.4 is 0 Å². The van der Waals surface area contributed by atoms with E-state index in [9.17, 15) is 12.8 Å². The van der Waals surface area contributed by atoms with Gasteiger partial charge >= 0.3 is 0 Å². The summed E-state index contributed by atoms with van der Waals surface area (Å²) >= 11 is 0. The number of benzene rings is 1. The quantitative estimate of drug-likeness (QED) is 0.750. The van der Waals surface area contributed by atoms with Crippen molar-refractivity contribution in [2.45, 2.75) is 11.8 Å². The first-order valence-electron chi connectivity index (χ1n) is 4.04. The molecule has 0 aliphatic carbocycles. The highest BCUT2D eigenvalue weighted by molar-refractivity contribution is 7.89. The molecule has 1 rings (SSSR count). The monoisotopic (exact) mass is 217 g/mol. The molecule has 0 aliphatic heterocycles. The van der Waals surface area contributed by atoms with Gasteiger partial charge in [0.25, 0.3) is 0 Å². The third kappa shape index (κ3) is 2.10. The summed E-state index contributed by atoms with van der Waals surface area (Å²) < 4.78 is 37.2. The molecule has 0 bridgehead atoms. The fraction of sp³-hybridized carbons (Fsp3) is 0.333. The molecular formula is C9H12FNO2S. The molecule has 14 heavy (non-hydrogen) atoms. The Labute approximate surface area is 83.2 Å². The molecule has 0 fully saturated rings. The van der Waals surface area contributed by atoms with Crippen molar-refractivity contribution in [3.8, 4) is 0 Å². The molecule has 0 amide bonds. The fourth-order valence-electron chi connectivity index (χ4n) is 1.06. The number of rotatable bonds is 2. The maximum Gasteiger partial charge on any atom is 0.242 e. The highest BCUT2D eigenvalue weighted by Crippen LogP contribution is 2.16. The minimum Gasteiger partial charge on any atom is -0.207 e. The summed E-state index contributed by atoms with van der Waals surface area (Å²) in [6.45, 7) is 1.65. The van der Waals surface area contributed by atoms with Gasteiger partial charge in [-0.05, 0) is 30.7 Å². The van der Waals surface area contributed by atoms with Crippen molar-refractivity contribution in [3.05, 3.63) is 29.6 Å². The molecule has 3 nitrogen and oxygen atoms in total. The van der Waals surface area contributed by atoms with E-state index in [2.05, 4.69) is 0 Å². The van der Waals surface area contributed by atoms with Gasteiger partial charge in [0.1, 0.15) is 5.82 Å². The van der Waals surface area contributed by atoms with Crippen LogP contribution in [0.3, 0.4) is 0 Å². The van der Waals surface area contributed by atoms with E-state index < -0.39 is 15.8 Å². The van der Waals surface area contributed by atoms with Gasteiger partial charge in [0.15, 0.2) is 0 Å². The SMILES string of the molecule is Cc1cc(F)cc(S(=O)(=O)N(C)C)c1. The van der Waals surface area contributed by atoms with Crippen LogP contribution in [-0.4, -0.2) is 26.8 Å². The molecular weight excluding hydrogens is 205 g/mol. The maximum absolute atomic E-state index is 12.9. The van der Waals surface area contributed by atoms with Crippen LogP contribution in [0.15, 0.2) is 23.1 Å². The molecule has 0 aliphatic rings. The summed E-state index contributed by atoms with van der Waals surface area (Å²) in [5.74, 6) is -0.537. The van der Waals surface area contributed by atoms with E-state index in [1.54, 1.807) is 6.92 Å². The second-order valence-corrected chi connectivity index (χ2v) is 5.40. The van der Waals surface area contributed by atoms with Crippen LogP contribution in [0.4, 0.5) is 4.39 Å². The molecule has 0 N–H and O–H groups in total. The molecule has 5 heteroatoms. The fourth-order valence-corrected chi connectivity index (χ4v) is 2.08. The van der Waals surface area contributed by atoms with Crippen LogP contribution in [0.1, 0.15) is 5.56 Å². The van der Waals surface area contributed by atoms with E-state index in [-0.39, 0.29) is 4.90 Å². The first kappa shape index (κ1) is 11.1. The summed E-state index contributed by atoms with van der Waals surface area (Å²) in [5.41, 5.74) is 0.588. The highest BCUT2D eigenvalue weighted by Gasteiger charge is 2.17. The van der Waals surface area contributed by atoms with Crippen LogP contribution in [0.2, 0.25) is 0 Å². The molecule has 0 aromatic heterocycles. The Morgan fingerprint density at radius 2 is 1.79 bits per heavy atom. The zero-order valence-electron chi connectivity index (χ0n) is 8.28. The van der Waals surface area contributed by atoms with Gasteiger partial charge in [-0.1, -0.05) is 0 Å². The smallest absolute Gasteiger partial charge is 0.207 e. The lowest BCUT2D eigenvalue weighted by molar-refractivity contribution is 0.519. The zero-order valence-corrected chi connectivity index (χ0v) is 9.10. The van der Waals surface area contributed by atoms with Gasteiger partial charge in [-0.2, -0.15) is 0 Å². The van der Waals surface area contributed by atoms with Gasteiger partial charge in [-0.3, -0.25) is 0 Å². The lowest BCUT2D eigenvalue weighted by Gasteiger charge is -2.11. The Hall–Kier alpha value is -0.940. The molecule has 1 aromatic rings. The second kappa shape index (κ2) is 3.67. The minimum absolute atomic E-state index is 0.0139. The average molecular weight is 217 g/mol. The summed E-state index contributed by atoms with van der Waals surface area (Å²) in [5, 5.41) is 0. The van der Waals surface area contributed by atoms with Crippen molar-refractivity contribution in [2.75, 3.05) is 14.1 Å². The Bertz CT molecular complexity index is 420. The van der Waals surface area contributed by atoms with Crippen molar-refractivity contribution < 1.29 is 12.8 Å². The number of nitrogens with zero attached hydrogens (tertiary/aromatic N) is 1. The zero-order chi connectivity index (χ0) is 10.9. The van der Waals surface area contributed by atoms with Gasteiger partial charge < -0.3 is 0 Å². The molecule has 0 saturated carbocycles. The minimum atomic E-state index is -3.53. The Morgan fingerprint density at radius 1 is 1.21 bits per heavy atom. The van der Waals surface area contributed by atoms with Crippen molar-refractivity contribution in [1.29, 1.82) is 0 Å².